The standard InChI is InChI=1S/C19H19NO5/c1-12(21)13-6-8-14(9-7-13)25-17(22)10-11-20-18(23)15-4-2-3-5-16(15)19(20)24/h2-3,6-9,15-16H,4-5,10-11H2,1H3/t15-,16-/m0/s1. The lowest BCUT2D eigenvalue weighted by atomic mass is 9.85. The lowest BCUT2D eigenvalue weighted by Gasteiger charge is -2.14. The third-order valence-electron chi connectivity index (χ3n) is 4.63. The number of hydrogen-bond donors (Lipinski definition) is 0. The van der Waals surface area contributed by atoms with Gasteiger partial charge in [-0.15, -0.1) is 0 Å². The zero-order valence-corrected chi connectivity index (χ0v) is 13.9. The van der Waals surface area contributed by atoms with E-state index in [2.05, 4.69) is 0 Å². The van der Waals surface area contributed by atoms with Crippen LogP contribution in [0.2, 0.25) is 0 Å². The molecule has 2 atom stereocenters. The fourth-order valence-electron chi connectivity index (χ4n) is 3.23. The highest BCUT2D eigenvalue weighted by atomic mass is 16.5. The van der Waals surface area contributed by atoms with Gasteiger partial charge in [0.15, 0.2) is 5.78 Å². The molecular formula is C19H19NO5. The molecule has 1 aromatic carbocycles. The number of nitrogens with zero attached hydrogens (tertiary/aromatic N) is 1. The van der Waals surface area contributed by atoms with E-state index in [9.17, 15) is 19.2 Å². The number of likely N-dealkylation sites (tertiary alicyclic amines) is 1. The SMILES string of the molecule is CC(=O)c1ccc(OC(=O)CCN2C(=O)[C@H]3CC=CC[C@@H]3C2=O)cc1. The molecular weight excluding hydrogens is 322 g/mol. The Balaban J connectivity index is 1.55. The van der Waals surface area contributed by atoms with Gasteiger partial charge in [0.25, 0.3) is 0 Å². The van der Waals surface area contributed by atoms with E-state index in [0.29, 0.717) is 24.2 Å². The zero-order chi connectivity index (χ0) is 18.0. The summed E-state index contributed by atoms with van der Waals surface area (Å²) in [6, 6.07) is 6.24. The Morgan fingerprint density at radius 2 is 1.60 bits per heavy atom. The van der Waals surface area contributed by atoms with E-state index >= 15 is 0 Å². The maximum atomic E-state index is 12.3. The van der Waals surface area contributed by atoms with Crippen molar-refractivity contribution < 1.29 is 23.9 Å². The summed E-state index contributed by atoms with van der Waals surface area (Å²) in [5, 5.41) is 0. The largest absolute Gasteiger partial charge is 0.426 e. The predicted molar refractivity (Wildman–Crippen MR) is 88.8 cm³/mol. The van der Waals surface area contributed by atoms with Crippen molar-refractivity contribution in [2.24, 2.45) is 11.8 Å². The van der Waals surface area contributed by atoms with E-state index in [1.807, 2.05) is 12.2 Å². The van der Waals surface area contributed by atoms with Crippen molar-refractivity contribution in [3.8, 4) is 5.75 Å². The second-order valence-corrected chi connectivity index (χ2v) is 6.29. The molecule has 3 rings (SSSR count). The molecule has 0 spiro atoms. The number of benzene rings is 1. The van der Waals surface area contributed by atoms with E-state index in [1.165, 1.54) is 11.8 Å². The minimum atomic E-state index is -0.524. The lowest BCUT2D eigenvalue weighted by Crippen LogP contribution is -2.33. The molecule has 1 aliphatic carbocycles. The molecule has 6 heteroatoms. The van der Waals surface area contributed by atoms with Crippen LogP contribution in [0.15, 0.2) is 36.4 Å². The van der Waals surface area contributed by atoms with Crippen molar-refractivity contribution >= 4 is 23.6 Å². The van der Waals surface area contributed by atoms with Crippen LogP contribution in [0.4, 0.5) is 0 Å². The van der Waals surface area contributed by atoms with Crippen molar-refractivity contribution in [3.63, 3.8) is 0 Å². The number of Topliss-reactive ketones (excluding diaryl/α,β-unsaturated/α-hetero) is 1. The first-order chi connectivity index (χ1) is 12.0. The molecule has 1 aromatic rings. The van der Waals surface area contributed by atoms with Gasteiger partial charge in [-0.05, 0) is 44.0 Å². The molecule has 0 bridgehead atoms. The van der Waals surface area contributed by atoms with Gasteiger partial charge in [0.05, 0.1) is 18.3 Å². The van der Waals surface area contributed by atoms with Gasteiger partial charge in [0.2, 0.25) is 11.8 Å². The van der Waals surface area contributed by atoms with Crippen LogP contribution in [0.1, 0.15) is 36.5 Å². The van der Waals surface area contributed by atoms with Crippen LogP contribution in [0, 0.1) is 11.8 Å². The number of carbonyl (C=O) groups is 4. The topological polar surface area (TPSA) is 80.8 Å². The molecule has 0 N–H and O–H groups in total. The summed E-state index contributed by atoms with van der Waals surface area (Å²) in [4.78, 5) is 49.0. The first-order valence-corrected chi connectivity index (χ1v) is 8.29. The Morgan fingerprint density at radius 1 is 1.04 bits per heavy atom. The number of fused-ring (bicyclic) bond motifs is 1. The van der Waals surface area contributed by atoms with Crippen LogP contribution in [-0.2, 0) is 14.4 Å². The summed E-state index contributed by atoms with van der Waals surface area (Å²) in [7, 11) is 0. The molecule has 0 radical (unpaired) electrons. The van der Waals surface area contributed by atoms with Crippen molar-refractivity contribution in [1.82, 2.24) is 4.90 Å². The summed E-state index contributed by atoms with van der Waals surface area (Å²) >= 11 is 0. The quantitative estimate of drug-likeness (QED) is 0.269. The Kier molecular flexibility index (Phi) is 4.79. The summed E-state index contributed by atoms with van der Waals surface area (Å²) < 4.78 is 5.19. The highest BCUT2D eigenvalue weighted by Crippen LogP contribution is 2.35. The summed E-state index contributed by atoms with van der Waals surface area (Å²) in [5.74, 6) is -1.23. The number of hydrogen-bond acceptors (Lipinski definition) is 5. The number of ether oxygens (including phenoxy) is 1. The van der Waals surface area contributed by atoms with Crippen molar-refractivity contribution in [3.05, 3.63) is 42.0 Å². The van der Waals surface area contributed by atoms with Crippen molar-refractivity contribution in [2.75, 3.05) is 6.54 Å². The summed E-state index contributed by atoms with van der Waals surface area (Å²) in [6.45, 7) is 1.49. The van der Waals surface area contributed by atoms with Crippen molar-refractivity contribution in [2.45, 2.75) is 26.2 Å². The molecule has 130 valence electrons. The highest BCUT2D eigenvalue weighted by molar-refractivity contribution is 6.05. The summed E-state index contributed by atoms with van der Waals surface area (Å²) in [5.41, 5.74) is 0.532. The summed E-state index contributed by atoms with van der Waals surface area (Å²) in [6.07, 6.45) is 4.96. The molecule has 2 amide bonds. The Bertz CT molecular complexity index is 724. The van der Waals surface area contributed by atoms with E-state index in [0.717, 1.165) is 0 Å². The normalized spacial score (nSPS) is 22.0. The number of allylic oxidation sites excluding steroid dienone is 2. The fourth-order valence-corrected chi connectivity index (χ4v) is 3.23. The van der Waals surface area contributed by atoms with E-state index in [1.54, 1.807) is 24.3 Å². The first-order valence-electron chi connectivity index (χ1n) is 8.29. The van der Waals surface area contributed by atoms with E-state index in [-0.39, 0.29) is 42.4 Å². The third-order valence-corrected chi connectivity index (χ3v) is 4.63. The monoisotopic (exact) mass is 341 g/mol. The maximum Gasteiger partial charge on any atom is 0.312 e. The van der Waals surface area contributed by atoms with Gasteiger partial charge in [-0.2, -0.15) is 0 Å². The lowest BCUT2D eigenvalue weighted by molar-refractivity contribution is -0.141. The molecule has 2 aliphatic rings. The average molecular weight is 341 g/mol. The molecule has 1 heterocycles. The molecule has 0 unspecified atom stereocenters. The van der Waals surface area contributed by atoms with E-state index in [4.69, 9.17) is 4.74 Å². The van der Waals surface area contributed by atoms with Gasteiger partial charge in [0.1, 0.15) is 5.75 Å². The Hall–Kier alpha value is -2.76. The molecule has 6 nitrogen and oxygen atoms in total. The molecule has 1 saturated heterocycles. The minimum absolute atomic E-state index is 0.0367. The second kappa shape index (κ2) is 7.01. The number of ketones is 1. The second-order valence-electron chi connectivity index (χ2n) is 6.29. The third kappa shape index (κ3) is 3.52. The van der Waals surface area contributed by atoms with Crippen molar-refractivity contribution in [1.29, 1.82) is 0 Å². The van der Waals surface area contributed by atoms with Crippen LogP contribution in [0.5, 0.6) is 5.75 Å². The predicted octanol–water partition coefficient (Wildman–Crippen LogP) is 2.14. The zero-order valence-electron chi connectivity index (χ0n) is 13.9. The number of esters is 1. The molecule has 1 fully saturated rings. The van der Waals surface area contributed by atoms with Gasteiger partial charge in [-0.3, -0.25) is 24.1 Å². The number of rotatable bonds is 5. The minimum Gasteiger partial charge on any atom is -0.426 e. The number of imide groups is 1. The van der Waals surface area contributed by atoms with Crippen LogP contribution in [0.3, 0.4) is 0 Å². The fraction of sp³-hybridized carbons (Fsp3) is 0.368. The van der Waals surface area contributed by atoms with E-state index < -0.39 is 5.97 Å². The van der Waals surface area contributed by atoms with Crippen LogP contribution in [-0.4, -0.2) is 35.0 Å². The van der Waals surface area contributed by atoms with Gasteiger partial charge >= 0.3 is 5.97 Å². The molecule has 0 aromatic heterocycles. The van der Waals surface area contributed by atoms with Gasteiger partial charge in [-0.1, -0.05) is 12.2 Å². The van der Waals surface area contributed by atoms with Crippen LogP contribution in [0.25, 0.3) is 0 Å². The molecule has 1 aliphatic heterocycles. The van der Waals surface area contributed by atoms with Gasteiger partial charge in [-0.25, -0.2) is 0 Å². The average Bonchev–Trinajstić information content (AvgIpc) is 2.85. The van der Waals surface area contributed by atoms with Crippen LogP contribution < -0.4 is 4.74 Å². The van der Waals surface area contributed by atoms with Crippen LogP contribution >= 0.6 is 0 Å². The highest BCUT2D eigenvalue weighted by Gasteiger charge is 2.46. The number of amides is 2. The smallest absolute Gasteiger partial charge is 0.312 e. The Morgan fingerprint density at radius 3 is 2.12 bits per heavy atom. The number of carbonyl (C=O) groups excluding carboxylic acids is 4. The molecule has 25 heavy (non-hydrogen) atoms. The Labute approximate surface area is 145 Å². The van der Waals surface area contributed by atoms with Gasteiger partial charge < -0.3 is 4.74 Å². The first kappa shape index (κ1) is 17.1. The molecule has 0 saturated carbocycles. The maximum absolute atomic E-state index is 12.3. The van der Waals surface area contributed by atoms with Gasteiger partial charge in [0, 0.05) is 12.1 Å².